The Hall–Kier alpha value is -3.05. The molecule has 5 heteroatoms. The number of amides is 2. The van der Waals surface area contributed by atoms with Crippen LogP contribution in [-0.4, -0.2) is 34.6 Å². The second-order valence-corrected chi connectivity index (χ2v) is 10.2. The minimum atomic E-state index is -0.578. The molecule has 0 aromatic heterocycles. The van der Waals surface area contributed by atoms with Gasteiger partial charge in [-0.3, -0.25) is 9.59 Å². The first-order valence-corrected chi connectivity index (χ1v) is 13.4. The standard InChI is InChI=1S/C30H36N2O2S/c1-23(2)31-30(34)28(20-25-13-6-4-7-14-25)32(21-27-17-11-10-12-24(27)3)29(33)18-19-35-22-26-15-8-5-9-16-26/h4-17,23,28H,18-22H2,1-3H3,(H,31,34)/t28-/m1/s1. The summed E-state index contributed by atoms with van der Waals surface area (Å²) >= 11 is 1.75. The number of nitrogens with zero attached hydrogens (tertiary/aromatic N) is 1. The normalized spacial score (nSPS) is 11.8. The summed E-state index contributed by atoms with van der Waals surface area (Å²) in [6, 6.07) is 27.7. The first-order chi connectivity index (χ1) is 16.9. The van der Waals surface area contributed by atoms with Crippen molar-refractivity contribution < 1.29 is 9.59 Å². The molecule has 0 fully saturated rings. The number of aryl methyl sites for hydroxylation is 1. The SMILES string of the molecule is Cc1ccccc1CN(C(=O)CCSCc1ccccc1)[C@H](Cc1ccccc1)C(=O)NC(C)C. The van der Waals surface area contributed by atoms with E-state index in [9.17, 15) is 9.59 Å². The molecule has 35 heavy (non-hydrogen) atoms. The molecule has 0 spiro atoms. The van der Waals surface area contributed by atoms with Crippen LogP contribution >= 0.6 is 11.8 Å². The molecule has 0 aliphatic rings. The third-order valence-electron chi connectivity index (χ3n) is 5.88. The fraction of sp³-hybridized carbons (Fsp3) is 0.333. The monoisotopic (exact) mass is 488 g/mol. The molecule has 0 aliphatic heterocycles. The summed E-state index contributed by atoms with van der Waals surface area (Å²) in [7, 11) is 0. The molecule has 2 amide bonds. The number of rotatable bonds is 12. The van der Waals surface area contributed by atoms with Crippen LogP contribution in [0.5, 0.6) is 0 Å². The Labute approximate surface area is 214 Å². The summed E-state index contributed by atoms with van der Waals surface area (Å²) in [6.45, 7) is 6.36. The maximum atomic E-state index is 13.6. The van der Waals surface area contributed by atoms with Gasteiger partial charge in [0.2, 0.25) is 11.8 Å². The summed E-state index contributed by atoms with van der Waals surface area (Å²) in [5, 5.41) is 3.05. The van der Waals surface area contributed by atoms with Gasteiger partial charge in [-0.15, -0.1) is 0 Å². The fourth-order valence-electron chi connectivity index (χ4n) is 3.97. The largest absolute Gasteiger partial charge is 0.352 e. The summed E-state index contributed by atoms with van der Waals surface area (Å²) in [4.78, 5) is 28.8. The van der Waals surface area contributed by atoms with Crippen LogP contribution in [0.15, 0.2) is 84.9 Å². The smallest absolute Gasteiger partial charge is 0.243 e. The topological polar surface area (TPSA) is 49.4 Å². The maximum Gasteiger partial charge on any atom is 0.243 e. The molecule has 1 atom stereocenters. The number of carbonyl (C=O) groups is 2. The van der Waals surface area contributed by atoms with Crippen molar-refractivity contribution in [2.24, 2.45) is 0 Å². The molecular formula is C30H36N2O2S. The predicted molar refractivity (Wildman–Crippen MR) is 146 cm³/mol. The molecule has 3 aromatic carbocycles. The fourth-order valence-corrected chi connectivity index (χ4v) is 4.86. The molecule has 1 N–H and O–H groups in total. The number of thioether (sulfide) groups is 1. The minimum Gasteiger partial charge on any atom is -0.352 e. The van der Waals surface area contributed by atoms with Gasteiger partial charge in [0, 0.05) is 36.9 Å². The lowest BCUT2D eigenvalue weighted by atomic mass is 10.0. The van der Waals surface area contributed by atoms with Crippen molar-refractivity contribution in [3.05, 3.63) is 107 Å². The first-order valence-electron chi connectivity index (χ1n) is 12.2. The lowest BCUT2D eigenvalue weighted by molar-refractivity contribution is -0.141. The number of nitrogens with one attached hydrogen (secondary N) is 1. The van der Waals surface area contributed by atoms with Crippen LogP contribution in [0, 0.1) is 6.92 Å². The van der Waals surface area contributed by atoms with Gasteiger partial charge < -0.3 is 10.2 Å². The number of hydrogen-bond acceptors (Lipinski definition) is 3. The van der Waals surface area contributed by atoms with E-state index in [0.717, 1.165) is 22.4 Å². The van der Waals surface area contributed by atoms with E-state index >= 15 is 0 Å². The van der Waals surface area contributed by atoms with Gasteiger partial charge in [0.05, 0.1) is 0 Å². The van der Waals surface area contributed by atoms with E-state index in [1.165, 1.54) is 5.56 Å². The van der Waals surface area contributed by atoms with Crippen LogP contribution < -0.4 is 5.32 Å². The Morgan fingerprint density at radius 2 is 1.46 bits per heavy atom. The highest BCUT2D eigenvalue weighted by atomic mass is 32.2. The quantitative estimate of drug-likeness (QED) is 0.329. The van der Waals surface area contributed by atoms with Crippen LogP contribution in [-0.2, 0) is 28.3 Å². The molecule has 0 unspecified atom stereocenters. The molecule has 0 heterocycles. The average Bonchev–Trinajstić information content (AvgIpc) is 2.85. The number of carbonyl (C=O) groups excluding carboxylic acids is 2. The predicted octanol–water partition coefficient (Wildman–Crippen LogP) is 5.78. The highest BCUT2D eigenvalue weighted by Crippen LogP contribution is 2.20. The van der Waals surface area contributed by atoms with E-state index < -0.39 is 6.04 Å². The van der Waals surface area contributed by atoms with Gasteiger partial charge in [-0.1, -0.05) is 84.9 Å². The first kappa shape index (κ1) is 26.6. The van der Waals surface area contributed by atoms with Gasteiger partial charge in [0.15, 0.2) is 0 Å². The summed E-state index contributed by atoms with van der Waals surface area (Å²) in [6.07, 6.45) is 0.873. The Balaban J connectivity index is 1.80. The van der Waals surface area contributed by atoms with Crippen LogP contribution in [0.2, 0.25) is 0 Å². The third-order valence-corrected chi connectivity index (χ3v) is 6.91. The highest BCUT2D eigenvalue weighted by molar-refractivity contribution is 7.98. The van der Waals surface area contributed by atoms with Crippen molar-refractivity contribution in [1.82, 2.24) is 10.2 Å². The molecule has 0 bridgehead atoms. The van der Waals surface area contributed by atoms with Gasteiger partial charge in [-0.25, -0.2) is 0 Å². The number of hydrogen-bond donors (Lipinski definition) is 1. The van der Waals surface area contributed by atoms with E-state index in [0.29, 0.717) is 25.1 Å². The van der Waals surface area contributed by atoms with Crippen molar-refractivity contribution in [1.29, 1.82) is 0 Å². The van der Waals surface area contributed by atoms with Crippen LogP contribution in [0.25, 0.3) is 0 Å². The molecular weight excluding hydrogens is 452 g/mol. The molecule has 3 aromatic rings. The van der Waals surface area contributed by atoms with Gasteiger partial charge in [-0.2, -0.15) is 11.8 Å². The summed E-state index contributed by atoms with van der Waals surface area (Å²) in [5.74, 6) is 1.48. The molecule has 3 rings (SSSR count). The van der Waals surface area contributed by atoms with Crippen molar-refractivity contribution in [2.45, 2.75) is 58.0 Å². The highest BCUT2D eigenvalue weighted by Gasteiger charge is 2.30. The third kappa shape index (κ3) is 8.59. The van der Waals surface area contributed by atoms with Crippen LogP contribution in [0.3, 0.4) is 0 Å². The van der Waals surface area contributed by atoms with Crippen LogP contribution in [0.4, 0.5) is 0 Å². The molecule has 184 valence electrons. The Morgan fingerprint density at radius 1 is 0.857 bits per heavy atom. The second-order valence-electron chi connectivity index (χ2n) is 9.11. The van der Waals surface area contributed by atoms with Crippen LogP contribution in [0.1, 0.15) is 42.5 Å². The maximum absolute atomic E-state index is 13.6. The second kappa shape index (κ2) is 13.7. The van der Waals surface area contributed by atoms with Gasteiger partial charge in [-0.05, 0) is 43.0 Å². The Kier molecular flexibility index (Phi) is 10.4. The van der Waals surface area contributed by atoms with Crippen molar-refractivity contribution in [2.75, 3.05) is 5.75 Å². The van der Waals surface area contributed by atoms with E-state index in [1.54, 1.807) is 16.7 Å². The molecule has 0 aliphatic carbocycles. The van der Waals surface area contributed by atoms with E-state index in [4.69, 9.17) is 0 Å². The van der Waals surface area contributed by atoms with Gasteiger partial charge in [0.25, 0.3) is 0 Å². The molecule has 0 saturated heterocycles. The molecule has 4 nitrogen and oxygen atoms in total. The van der Waals surface area contributed by atoms with Gasteiger partial charge >= 0.3 is 0 Å². The lowest BCUT2D eigenvalue weighted by Gasteiger charge is -2.32. The van der Waals surface area contributed by atoms with Gasteiger partial charge in [0.1, 0.15) is 6.04 Å². The number of benzene rings is 3. The van der Waals surface area contributed by atoms with E-state index in [1.807, 2.05) is 93.6 Å². The summed E-state index contributed by atoms with van der Waals surface area (Å²) < 4.78 is 0. The minimum absolute atomic E-state index is 0.00221. The summed E-state index contributed by atoms with van der Waals surface area (Å²) in [5.41, 5.74) is 4.47. The average molecular weight is 489 g/mol. The Morgan fingerprint density at radius 3 is 2.09 bits per heavy atom. The molecule has 0 saturated carbocycles. The zero-order valence-corrected chi connectivity index (χ0v) is 21.8. The van der Waals surface area contributed by atoms with Crippen molar-refractivity contribution >= 4 is 23.6 Å². The zero-order valence-electron chi connectivity index (χ0n) is 20.9. The lowest BCUT2D eigenvalue weighted by Crippen LogP contribution is -2.52. The zero-order chi connectivity index (χ0) is 25.0. The van der Waals surface area contributed by atoms with E-state index in [2.05, 4.69) is 17.4 Å². The van der Waals surface area contributed by atoms with Crippen molar-refractivity contribution in [3.8, 4) is 0 Å². The molecule has 0 radical (unpaired) electrons. The van der Waals surface area contributed by atoms with Crippen molar-refractivity contribution in [3.63, 3.8) is 0 Å². The Bertz CT molecular complexity index is 1070. The van der Waals surface area contributed by atoms with E-state index in [-0.39, 0.29) is 17.9 Å².